The standard InChI is InChI=1S/C15H22FNO2/c1-10(17-14(18)9-15(2,3)4)11-6-7-13(19-5)12(16)8-11/h6-8,10H,9H2,1-5H3,(H,17,18). The lowest BCUT2D eigenvalue weighted by Gasteiger charge is -2.20. The highest BCUT2D eigenvalue weighted by atomic mass is 19.1. The largest absolute Gasteiger partial charge is 0.494 e. The van der Waals surface area contributed by atoms with Crippen molar-refractivity contribution in [2.45, 2.75) is 40.2 Å². The Balaban J connectivity index is 2.70. The zero-order valence-electron chi connectivity index (χ0n) is 12.2. The molecule has 1 unspecified atom stereocenters. The predicted octanol–water partition coefficient (Wildman–Crippen LogP) is 3.45. The van der Waals surface area contributed by atoms with Crippen molar-refractivity contribution < 1.29 is 13.9 Å². The van der Waals surface area contributed by atoms with Crippen LogP contribution in [0.1, 0.15) is 45.7 Å². The minimum Gasteiger partial charge on any atom is -0.494 e. The SMILES string of the molecule is COc1ccc(C(C)NC(=O)CC(C)(C)C)cc1F. The van der Waals surface area contributed by atoms with Gasteiger partial charge in [0.25, 0.3) is 0 Å². The summed E-state index contributed by atoms with van der Waals surface area (Å²) >= 11 is 0. The molecule has 0 saturated heterocycles. The zero-order chi connectivity index (χ0) is 14.6. The predicted molar refractivity (Wildman–Crippen MR) is 73.6 cm³/mol. The van der Waals surface area contributed by atoms with Crippen molar-refractivity contribution in [2.24, 2.45) is 5.41 Å². The molecule has 0 bridgehead atoms. The fourth-order valence-electron chi connectivity index (χ4n) is 1.81. The summed E-state index contributed by atoms with van der Waals surface area (Å²) in [5.41, 5.74) is 0.662. The Bertz CT molecular complexity index is 452. The Kier molecular flexibility index (Phi) is 4.92. The minimum atomic E-state index is -0.420. The summed E-state index contributed by atoms with van der Waals surface area (Å²) in [5, 5.41) is 2.87. The number of rotatable bonds is 4. The Labute approximate surface area is 114 Å². The molecule has 1 rings (SSSR count). The van der Waals surface area contributed by atoms with Crippen LogP contribution in [0.15, 0.2) is 18.2 Å². The Morgan fingerprint density at radius 1 is 1.42 bits per heavy atom. The van der Waals surface area contributed by atoms with E-state index < -0.39 is 5.82 Å². The number of carbonyl (C=O) groups excluding carboxylic acids is 1. The Morgan fingerprint density at radius 3 is 2.53 bits per heavy atom. The number of halogens is 1. The lowest BCUT2D eigenvalue weighted by atomic mass is 9.91. The first kappa shape index (κ1) is 15.5. The van der Waals surface area contributed by atoms with Crippen LogP contribution in [-0.4, -0.2) is 13.0 Å². The van der Waals surface area contributed by atoms with Crippen LogP contribution in [0.5, 0.6) is 5.75 Å². The van der Waals surface area contributed by atoms with E-state index in [-0.39, 0.29) is 23.1 Å². The van der Waals surface area contributed by atoms with Gasteiger partial charge in [0.15, 0.2) is 11.6 Å². The second kappa shape index (κ2) is 6.04. The number of methoxy groups -OCH3 is 1. The molecule has 19 heavy (non-hydrogen) atoms. The molecule has 1 aromatic rings. The van der Waals surface area contributed by atoms with Crippen LogP contribution in [0.2, 0.25) is 0 Å². The molecule has 0 spiro atoms. The van der Waals surface area contributed by atoms with Gasteiger partial charge in [0, 0.05) is 6.42 Å². The van der Waals surface area contributed by atoms with Gasteiger partial charge in [-0.3, -0.25) is 4.79 Å². The second-order valence-corrected chi connectivity index (χ2v) is 5.92. The first-order valence-corrected chi connectivity index (χ1v) is 6.36. The molecule has 0 saturated carbocycles. The fraction of sp³-hybridized carbons (Fsp3) is 0.533. The van der Waals surface area contributed by atoms with Crippen molar-refractivity contribution >= 4 is 5.91 Å². The molecule has 0 radical (unpaired) electrons. The minimum absolute atomic E-state index is 0.0313. The van der Waals surface area contributed by atoms with Gasteiger partial charge in [-0.2, -0.15) is 0 Å². The molecule has 1 N–H and O–H groups in total. The zero-order valence-corrected chi connectivity index (χ0v) is 12.2. The molecule has 0 fully saturated rings. The molecule has 1 amide bonds. The summed E-state index contributed by atoms with van der Waals surface area (Å²) in [6, 6.07) is 4.48. The highest BCUT2D eigenvalue weighted by molar-refractivity contribution is 5.77. The quantitative estimate of drug-likeness (QED) is 0.907. The van der Waals surface area contributed by atoms with E-state index in [1.54, 1.807) is 12.1 Å². The number of hydrogen-bond donors (Lipinski definition) is 1. The van der Waals surface area contributed by atoms with E-state index >= 15 is 0 Å². The molecule has 106 valence electrons. The van der Waals surface area contributed by atoms with E-state index in [0.717, 1.165) is 5.56 Å². The van der Waals surface area contributed by atoms with Gasteiger partial charge in [0.2, 0.25) is 5.91 Å². The topological polar surface area (TPSA) is 38.3 Å². The number of ether oxygens (including phenoxy) is 1. The first-order chi connectivity index (χ1) is 8.73. The Morgan fingerprint density at radius 2 is 2.05 bits per heavy atom. The number of carbonyl (C=O) groups is 1. The third-order valence-electron chi connectivity index (χ3n) is 2.74. The van der Waals surface area contributed by atoms with E-state index in [4.69, 9.17) is 4.74 Å². The number of amides is 1. The molecule has 0 aliphatic rings. The maximum Gasteiger partial charge on any atom is 0.220 e. The van der Waals surface area contributed by atoms with E-state index in [0.29, 0.717) is 6.42 Å². The molecule has 1 aromatic carbocycles. The summed E-state index contributed by atoms with van der Waals surface area (Å²) in [4.78, 5) is 11.8. The van der Waals surface area contributed by atoms with E-state index in [9.17, 15) is 9.18 Å². The van der Waals surface area contributed by atoms with Crippen molar-refractivity contribution in [3.8, 4) is 5.75 Å². The molecule has 0 heterocycles. The molecule has 4 heteroatoms. The average Bonchev–Trinajstić information content (AvgIpc) is 2.26. The molecule has 0 aromatic heterocycles. The lowest BCUT2D eigenvalue weighted by molar-refractivity contribution is -0.123. The van der Waals surface area contributed by atoms with Crippen LogP contribution < -0.4 is 10.1 Å². The van der Waals surface area contributed by atoms with Crippen LogP contribution >= 0.6 is 0 Å². The first-order valence-electron chi connectivity index (χ1n) is 6.36. The molecular weight excluding hydrogens is 245 g/mol. The fourth-order valence-corrected chi connectivity index (χ4v) is 1.81. The van der Waals surface area contributed by atoms with Crippen molar-refractivity contribution in [3.05, 3.63) is 29.6 Å². The second-order valence-electron chi connectivity index (χ2n) is 5.92. The van der Waals surface area contributed by atoms with Gasteiger partial charge in [-0.05, 0) is 30.0 Å². The summed E-state index contributed by atoms with van der Waals surface area (Å²) in [5.74, 6) is -0.245. The lowest BCUT2D eigenvalue weighted by Crippen LogP contribution is -2.30. The third-order valence-corrected chi connectivity index (χ3v) is 2.74. The van der Waals surface area contributed by atoms with E-state index in [1.165, 1.54) is 13.2 Å². The molecular formula is C15H22FNO2. The maximum atomic E-state index is 13.6. The number of nitrogens with one attached hydrogen (secondary N) is 1. The average molecular weight is 267 g/mol. The van der Waals surface area contributed by atoms with Gasteiger partial charge in [-0.25, -0.2) is 4.39 Å². The molecule has 0 aliphatic carbocycles. The molecule has 0 aliphatic heterocycles. The van der Waals surface area contributed by atoms with Crippen LogP contribution in [0, 0.1) is 11.2 Å². The van der Waals surface area contributed by atoms with Crippen molar-refractivity contribution in [1.82, 2.24) is 5.32 Å². The summed E-state index contributed by atoms with van der Waals surface area (Å²) in [7, 11) is 1.42. The van der Waals surface area contributed by atoms with Crippen molar-refractivity contribution in [2.75, 3.05) is 7.11 Å². The Hall–Kier alpha value is -1.58. The highest BCUT2D eigenvalue weighted by Crippen LogP contribution is 2.23. The smallest absolute Gasteiger partial charge is 0.220 e. The van der Waals surface area contributed by atoms with Crippen LogP contribution in [0.3, 0.4) is 0 Å². The summed E-state index contributed by atoms with van der Waals surface area (Å²) < 4.78 is 18.4. The van der Waals surface area contributed by atoms with Gasteiger partial charge in [-0.1, -0.05) is 26.8 Å². The van der Waals surface area contributed by atoms with E-state index in [1.807, 2.05) is 27.7 Å². The van der Waals surface area contributed by atoms with Crippen molar-refractivity contribution in [1.29, 1.82) is 0 Å². The summed E-state index contributed by atoms with van der Waals surface area (Å²) in [6.07, 6.45) is 0.440. The third kappa shape index (κ3) is 4.89. The van der Waals surface area contributed by atoms with Crippen molar-refractivity contribution in [3.63, 3.8) is 0 Å². The van der Waals surface area contributed by atoms with E-state index in [2.05, 4.69) is 5.32 Å². The van der Waals surface area contributed by atoms with Gasteiger partial charge >= 0.3 is 0 Å². The number of hydrogen-bond acceptors (Lipinski definition) is 2. The van der Waals surface area contributed by atoms with Crippen LogP contribution in [0.4, 0.5) is 4.39 Å². The van der Waals surface area contributed by atoms with Gasteiger partial charge < -0.3 is 10.1 Å². The van der Waals surface area contributed by atoms with Gasteiger partial charge in [-0.15, -0.1) is 0 Å². The number of benzene rings is 1. The molecule has 1 atom stereocenters. The van der Waals surface area contributed by atoms with Crippen LogP contribution in [0.25, 0.3) is 0 Å². The highest BCUT2D eigenvalue weighted by Gasteiger charge is 2.18. The van der Waals surface area contributed by atoms with Gasteiger partial charge in [0.1, 0.15) is 0 Å². The summed E-state index contributed by atoms with van der Waals surface area (Å²) in [6.45, 7) is 7.85. The van der Waals surface area contributed by atoms with Crippen LogP contribution in [-0.2, 0) is 4.79 Å². The monoisotopic (exact) mass is 267 g/mol. The normalized spacial score (nSPS) is 12.9. The maximum absolute atomic E-state index is 13.6. The molecule has 3 nitrogen and oxygen atoms in total. The van der Waals surface area contributed by atoms with Gasteiger partial charge in [0.05, 0.1) is 13.2 Å².